The van der Waals surface area contributed by atoms with Crippen LogP contribution in [-0.2, 0) is 0 Å². The predicted octanol–water partition coefficient (Wildman–Crippen LogP) is 1.97. The molecule has 4 heterocycles. The lowest BCUT2D eigenvalue weighted by atomic mass is 10.3. The molecular formula is C15H9FN8OS. The molecular weight excluding hydrogens is 359 g/mol. The largest absolute Gasteiger partial charge is 0.296 e. The maximum absolute atomic E-state index is 13.3. The van der Waals surface area contributed by atoms with E-state index in [9.17, 15) is 9.18 Å². The van der Waals surface area contributed by atoms with Gasteiger partial charge in [-0.2, -0.15) is 4.68 Å². The quantitative estimate of drug-likeness (QED) is 0.586. The van der Waals surface area contributed by atoms with Crippen LogP contribution in [0.15, 0.2) is 48.4 Å². The monoisotopic (exact) mass is 368 g/mol. The molecule has 4 aromatic heterocycles. The van der Waals surface area contributed by atoms with Gasteiger partial charge in [0.05, 0.1) is 11.9 Å². The first-order chi connectivity index (χ1) is 12.7. The number of nitrogens with zero attached hydrogens (tertiary/aromatic N) is 7. The summed E-state index contributed by atoms with van der Waals surface area (Å²) in [5, 5.41) is 12.2. The number of rotatable bonds is 4. The fourth-order valence-corrected chi connectivity index (χ4v) is 2.79. The molecule has 128 valence electrons. The van der Waals surface area contributed by atoms with Gasteiger partial charge in [0.25, 0.3) is 11.9 Å². The Morgan fingerprint density at radius 2 is 2.00 bits per heavy atom. The summed E-state index contributed by atoms with van der Waals surface area (Å²) < 4.78 is 14.5. The molecule has 0 aliphatic heterocycles. The standard InChI is InChI=1S/C15H9FN8OS/c16-9-2-5-17-10(6-9)11-8-26-15(21-11)22-13(25)12-7-20-23-24(12)14-18-3-1-4-19-14/h1-8H,(H,21,22,25). The number of carbonyl (C=O) groups excluding carboxylic acids is 1. The molecule has 0 unspecified atom stereocenters. The molecule has 0 aromatic carbocycles. The van der Waals surface area contributed by atoms with Gasteiger partial charge in [-0.15, -0.1) is 16.4 Å². The summed E-state index contributed by atoms with van der Waals surface area (Å²) in [5.41, 5.74) is 0.991. The Bertz CT molecular complexity index is 1060. The van der Waals surface area contributed by atoms with Crippen LogP contribution in [0, 0.1) is 5.82 Å². The van der Waals surface area contributed by atoms with Crippen molar-refractivity contribution in [3.63, 3.8) is 0 Å². The summed E-state index contributed by atoms with van der Waals surface area (Å²) in [6.45, 7) is 0. The van der Waals surface area contributed by atoms with Crippen molar-refractivity contribution in [3.05, 3.63) is 59.9 Å². The molecule has 4 rings (SSSR count). The fraction of sp³-hybridized carbons (Fsp3) is 0. The van der Waals surface area contributed by atoms with Crippen molar-refractivity contribution in [3.8, 4) is 17.3 Å². The minimum Gasteiger partial charge on any atom is -0.296 e. The van der Waals surface area contributed by atoms with Gasteiger partial charge >= 0.3 is 0 Å². The Kier molecular flexibility index (Phi) is 4.11. The van der Waals surface area contributed by atoms with Gasteiger partial charge in [0, 0.05) is 30.0 Å². The highest BCUT2D eigenvalue weighted by molar-refractivity contribution is 7.14. The second-order valence-corrected chi connectivity index (χ2v) is 5.79. The number of halogens is 1. The van der Waals surface area contributed by atoms with Crippen molar-refractivity contribution in [2.75, 3.05) is 5.32 Å². The first-order valence-corrected chi connectivity index (χ1v) is 8.15. The molecule has 4 aromatic rings. The van der Waals surface area contributed by atoms with Crippen LogP contribution >= 0.6 is 11.3 Å². The highest BCUT2D eigenvalue weighted by Crippen LogP contribution is 2.24. The zero-order chi connectivity index (χ0) is 17.9. The summed E-state index contributed by atoms with van der Waals surface area (Å²) >= 11 is 1.19. The van der Waals surface area contributed by atoms with Crippen molar-refractivity contribution in [1.29, 1.82) is 0 Å². The maximum atomic E-state index is 13.3. The van der Waals surface area contributed by atoms with Crippen molar-refractivity contribution in [2.45, 2.75) is 0 Å². The minimum atomic E-state index is -0.476. The molecule has 1 N–H and O–H groups in total. The van der Waals surface area contributed by atoms with Crippen LogP contribution < -0.4 is 5.32 Å². The van der Waals surface area contributed by atoms with Gasteiger partial charge in [0.15, 0.2) is 10.8 Å². The highest BCUT2D eigenvalue weighted by atomic mass is 32.1. The van der Waals surface area contributed by atoms with Gasteiger partial charge in [-0.25, -0.2) is 19.3 Å². The molecule has 0 saturated heterocycles. The van der Waals surface area contributed by atoms with E-state index in [1.165, 1.54) is 52.9 Å². The maximum Gasteiger partial charge on any atom is 0.277 e. The van der Waals surface area contributed by atoms with Crippen LogP contribution in [0.3, 0.4) is 0 Å². The average molecular weight is 368 g/mol. The van der Waals surface area contributed by atoms with E-state index in [1.54, 1.807) is 11.4 Å². The summed E-state index contributed by atoms with van der Waals surface area (Å²) in [7, 11) is 0. The van der Waals surface area contributed by atoms with Crippen LogP contribution in [0.5, 0.6) is 0 Å². The van der Waals surface area contributed by atoms with Crippen molar-refractivity contribution >= 4 is 22.4 Å². The van der Waals surface area contributed by atoms with E-state index in [4.69, 9.17) is 0 Å². The molecule has 0 saturated carbocycles. The minimum absolute atomic E-state index is 0.150. The van der Waals surface area contributed by atoms with Crippen LogP contribution in [0.4, 0.5) is 9.52 Å². The van der Waals surface area contributed by atoms with Gasteiger partial charge < -0.3 is 0 Å². The molecule has 0 aliphatic carbocycles. The number of nitrogens with one attached hydrogen (secondary N) is 1. The molecule has 11 heteroatoms. The smallest absolute Gasteiger partial charge is 0.277 e. The third-order valence-electron chi connectivity index (χ3n) is 3.23. The predicted molar refractivity (Wildman–Crippen MR) is 90.2 cm³/mol. The zero-order valence-electron chi connectivity index (χ0n) is 12.9. The molecule has 0 aliphatic rings. The summed E-state index contributed by atoms with van der Waals surface area (Å²) in [6.07, 6.45) is 5.72. The Hall–Kier alpha value is -3.60. The zero-order valence-corrected chi connectivity index (χ0v) is 13.8. The second-order valence-electron chi connectivity index (χ2n) is 4.93. The lowest BCUT2D eigenvalue weighted by molar-refractivity contribution is 0.101. The van der Waals surface area contributed by atoms with Crippen LogP contribution in [0.1, 0.15) is 10.5 Å². The highest BCUT2D eigenvalue weighted by Gasteiger charge is 2.18. The summed E-state index contributed by atoms with van der Waals surface area (Å²) in [6, 6.07) is 4.17. The Balaban J connectivity index is 1.56. The third kappa shape index (κ3) is 3.15. The van der Waals surface area contributed by atoms with Crippen molar-refractivity contribution in [1.82, 2.24) is 34.9 Å². The summed E-state index contributed by atoms with van der Waals surface area (Å²) in [4.78, 5) is 28.9. The van der Waals surface area contributed by atoms with Gasteiger partial charge in [-0.3, -0.25) is 15.1 Å². The molecule has 0 fully saturated rings. The van der Waals surface area contributed by atoms with E-state index in [2.05, 4.69) is 35.6 Å². The number of thiazole rings is 1. The van der Waals surface area contributed by atoms with E-state index in [0.29, 0.717) is 16.5 Å². The molecule has 0 radical (unpaired) electrons. The number of amides is 1. The lowest BCUT2D eigenvalue weighted by Crippen LogP contribution is -2.18. The number of hydrogen-bond donors (Lipinski definition) is 1. The Morgan fingerprint density at radius 3 is 2.81 bits per heavy atom. The van der Waals surface area contributed by atoms with E-state index in [0.717, 1.165) is 0 Å². The van der Waals surface area contributed by atoms with Gasteiger partial charge in [0.2, 0.25) is 0 Å². The Morgan fingerprint density at radius 1 is 1.15 bits per heavy atom. The molecule has 0 atom stereocenters. The van der Waals surface area contributed by atoms with Crippen molar-refractivity contribution < 1.29 is 9.18 Å². The number of aromatic nitrogens is 7. The van der Waals surface area contributed by atoms with Crippen molar-refractivity contribution in [2.24, 2.45) is 0 Å². The molecule has 1 amide bonds. The molecule has 9 nitrogen and oxygen atoms in total. The topological polar surface area (TPSA) is 111 Å². The van der Waals surface area contributed by atoms with Gasteiger partial charge in [0.1, 0.15) is 11.5 Å². The van der Waals surface area contributed by atoms with E-state index >= 15 is 0 Å². The lowest BCUT2D eigenvalue weighted by Gasteiger charge is -2.03. The number of anilines is 1. The molecule has 0 bridgehead atoms. The van der Waals surface area contributed by atoms with E-state index in [-0.39, 0.29) is 11.6 Å². The first kappa shape index (κ1) is 15.9. The third-order valence-corrected chi connectivity index (χ3v) is 3.99. The first-order valence-electron chi connectivity index (χ1n) is 7.27. The SMILES string of the molecule is O=C(Nc1nc(-c2cc(F)ccn2)cs1)c1cnnn1-c1ncccn1. The van der Waals surface area contributed by atoms with Gasteiger partial charge in [-0.1, -0.05) is 5.21 Å². The van der Waals surface area contributed by atoms with E-state index < -0.39 is 11.7 Å². The average Bonchev–Trinajstić information content (AvgIpc) is 3.32. The molecule has 26 heavy (non-hydrogen) atoms. The number of carbonyl (C=O) groups is 1. The normalized spacial score (nSPS) is 10.7. The van der Waals surface area contributed by atoms with Crippen LogP contribution in [-0.4, -0.2) is 40.8 Å². The Labute approximate surface area is 149 Å². The van der Waals surface area contributed by atoms with Crippen LogP contribution in [0.25, 0.3) is 17.3 Å². The van der Waals surface area contributed by atoms with Gasteiger partial charge in [-0.05, 0) is 12.1 Å². The fourth-order valence-electron chi connectivity index (χ4n) is 2.09. The number of hydrogen-bond acceptors (Lipinski definition) is 8. The summed E-state index contributed by atoms with van der Waals surface area (Å²) in [5.74, 6) is -0.666. The second kappa shape index (κ2) is 6.72. The van der Waals surface area contributed by atoms with E-state index in [1.807, 2.05) is 0 Å². The number of pyridine rings is 1. The molecule has 0 spiro atoms. The van der Waals surface area contributed by atoms with Crippen LogP contribution in [0.2, 0.25) is 0 Å².